The zero-order valence-electron chi connectivity index (χ0n) is 18.6. The molecule has 34 heavy (non-hydrogen) atoms. The number of aryl methyl sites for hydroxylation is 1. The molecule has 0 radical (unpaired) electrons. The minimum absolute atomic E-state index is 0.339. The van der Waals surface area contributed by atoms with E-state index in [1.54, 1.807) is 13.0 Å². The highest BCUT2D eigenvalue weighted by atomic mass is 32.1. The molecule has 0 unspecified atom stereocenters. The number of imide groups is 1. The molecule has 1 atom stereocenters. The van der Waals surface area contributed by atoms with E-state index in [9.17, 15) is 19.2 Å². The summed E-state index contributed by atoms with van der Waals surface area (Å²) in [6, 6.07) is 12.7. The molecule has 5 amide bonds. The Kier molecular flexibility index (Phi) is 5.36. The highest BCUT2D eigenvalue weighted by Crippen LogP contribution is 2.38. The Bertz CT molecular complexity index is 1360. The van der Waals surface area contributed by atoms with E-state index in [1.165, 1.54) is 11.3 Å². The van der Waals surface area contributed by atoms with Gasteiger partial charge in [-0.3, -0.25) is 19.3 Å². The van der Waals surface area contributed by atoms with Crippen LogP contribution in [0.5, 0.6) is 0 Å². The largest absolute Gasteiger partial charge is 0.365 e. The van der Waals surface area contributed by atoms with E-state index in [2.05, 4.69) is 10.6 Å². The molecule has 5 rings (SSSR count). The van der Waals surface area contributed by atoms with Crippen LogP contribution in [-0.2, 0) is 28.0 Å². The van der Waals surface area contributed by atoms with E-state index >= 15 is 0 Å². The van der Waals surface area contributed by atoms with Gasteiger partial charge in [0.2, 0.25) is 5.91 Å². The summed E-state index contributed by atoms with van der Waals surface area (Å²) in [7, 11) is 0. The first kappa shape index (κ1) is 22.1. The van der Waals surface area contributed by atoms with Crippen molar-refractivity contribution in [3.05, 3.63) is 64.0 Å². The average Bonchev–Trinajstić information content (AvgIpc) is 3.28. The highest BCUT2D eigenvalue weighted by Gasteiger charge is 2.49. The Hall–Kier alpha value is -3.72. The van der Waals surface area contributed by atoms with E-state index in [0.717, 1.165) is 51.8 Å². The van der Waals surface area contributed by atoms with Crippen LogP contribution >= 0.6 is 11.3 Å². The number of benzene rings is 2. The molecule has 2 aromatic carbocycles. The van der Waals surface area contributed by atoms with E-state index < -0.39 is 35.8 Å². The maximum absolute atomic E-state index is 13.3. The number of thiophene rings is 1. The van der Waals surface area contributed by atoms with Crippen LogP contribution in [0.15, 0.2) is 42.5 Å². The lowest BCUT2D eigenvalue weighted by Gasteiger charge is -2.22. The topological polar surface area (TPSA) is 122 Å². The lowest BCUT2D eigenvalue weighted by molar-refractivity contribution is -0.133. The fourth-order valence-electron chi connectivity index (χ4n) is 4.76. The second-order valence-electron chi connectivity index (χ2n) is 8.84. The molecule has 174 valence electrons. The number of nitrogens with two attached hydrogens (primary N) is 1. The average molecular weight is 477 g/mol. The van der Waals surface area contributed by atoms with Crippen LogP contribution < -0.4 is 16.4 Å². The number of rotatable bonds is 5. The number of fused-ring (bicyclic) bond motifs is 2. The third-order valence-corrected chi connectivity index (χ3v) is 7.78. The van der Waals surface area contributed by atoms with Crippen molar-refractivity contribution in [2.24, 2.45) is 5.73 Å². The van der Waals surface area contributed by atoms with Crippen molar-refractivity contribution in [3.8, 4) is 0 Å². The smallest absolute Gasteiger partial charge is 0.325 e. The Morgan fingerprint density at radius 2 is 1.85 bits per heavy atom. The molecule has 1 saturated heterocycles. The van der Waals surface area contributed by atoms with Crippen LogP contribution in [0, 0.1) is 0 Å². The van der Waals surface area contributed by atoms with Crippen LogP contribution in [0.25, 0.3) is 10.8 Å². The van der Waals surface area contributed by atoms with Crippen molar-refractivity contribution in [2.75, 3.05) is 11.9 Å². The summed E-state index contributed by atoms with van der Waals surface area (Å²) >= 11 is 1.34. The number of primary amides is 1. The number of carbonyl (C=O) groups excluding carboxylic acids is 4. The molecule has 1 aromatic heterocycles. The number of nitrogens with zero attached hydrogens (tertiary/aromatic N) is 1. The molecule has 3 aromatic rings. The molecule has 1 fully saturated rings. The molecule has 0 saturated carbocycles. The van der Waals surface area contributed by atoms with Crippen molar-refractivity contribution in [1.82, 2.24) is 10.2 Å². The van der Waals surface area contributed by atoms with Gasteiger partial charge in [-0.2, -0.15) is 0 Å². The predicted molar refractivity (Wildman–Crippen MR) is 130 cm³/mol. The summed E-state index contributed by atoms with van der Waals surface area (Å²) in [5.41, 5.74) is 6.18. The first-order valence-corrected chi connectivity index (χ1v) is 12.0. The monoisotopic (exact) mass is 476 g/mol. The van der Waals surface area contributed by atoms with Gasteiger partial charge >= 0.3 is 6.03 Å². The molecule has 0 spiro atoms. The van der Waals surface area contributed by atoms with Gasteiger partial charge in [-0.25, -0.2) is 4.79 Å². The summed E-state index contributed by atoms with van der Waals surface area (Å²) in [6.07, 6.45) is 3.58. The van der Waals surface area contributed by atoms with Crippen LogP contribution in [-0.4, -0.2) is 35.2 Å². The molecular formula is C25H24N4O4S. The molecule has 2 aliphatic rings. The molecule has 1 aliphatic carbocycles. The lowest BCUT2D eigenvalue weighted by Crippen LogP contribution is -2.42. The highest BCUT2D eigenvalue weighted by molar-refractivity contribution is 7.17. The Labute approximate surface area is 200 Å². The van der Waals surface area contributed by atoms with Gasteiger partial charge in [0.15, 0.2) is 0 Å². The van der Waals surface area contributed by atoms with Gasteiger partial charge in [0.1, 0.15) is 17.1 Å². The fourth-order valence-corrected chi connectivity index (χ4v) is 6.07. The zero-order valence-corrected chi connectivity index (χ0v) is 19.5. The standard InChI is InChI=1S/C25H24N4O4S/c1-25(16-11-10-14-6-2-3-7-15(14)12-16)23(32)29(24(33)28-25)13-19(30)27-22-20(21(26)31)17-8-4-5-9-18(17)34-22/h2-3,6-7,10-12H,4-5,8-9,13H2,1H3,(H2,26,31)(H,27,30)(H,28,33)/t25-/m0/s1. The normalized spacial score (nSPS) is 19.7. The van der Waals surface area contributed by atoms with Crippen LogP contribution in [0.4, 0.5) is 9.80 Å². The molecule has 1 aliphatic heterocycles. The summed E-state index contributed by atoms with van der Waals surface area (Å²) in [6.45, 7) is 1.17. The number of nitrogens with one attached hydrogen (secondary N) is 2. The maximum atomic E-state index is 13.3. The number of hydrogen-bond acceptors (Lipinski definition) is 5. The first-order valence-electron chi connectivity index (χ1n) is 11.2. The van der Waals surface area contributed by atoms with E-state index in [1.807, 2.05) is 36.4 Å². The zero-order chi connectivity index (χ0) is 24.0. The third kappa shape index (κ3) is 3.62. The van der Waals surface area contributed by atoms with Gasteiger partial charge in [0, 0.05) is 4.88 Å². The van der Waals surface area contributed by atoms with E-state index in [-0.39, 0.29) is 0 Å². The minimum Gasteiger partial charge on any atom is -0.365 e. The number of anilines is 1. The first-order chi connectivity index (χ1) is 16.3. The van der Waals surface area contributed by atoms with E-state index in [4.69, 9.17) is 5.73 Å². The van der Waals surface area contributed by atoms with Gasteiger partial charge in [-0.05, 0) is 60.6 Å². The fraction of sp³-hybridized carbons (Fsp3) is 0.280. The Balaban J connectivity index is 1.36. The van der Waals surface area contributed by atoms with Gasteiger partial charge in [0.05, 0.1) is 5.56 Å². The summed E-state index contributed by atoms with van der Waals surface area (Å²) < 4.78 is 0. The molecule has 8 nitrogen and oxygen atoms in total. The maximum Gasteiger partial charge on any atom is 0.325 e. The van der Waals surface area contributed by atoms with Gasteiger partial charge < -0.3 is 16.4 Å². The van der Waals surface area contributed by atoms with Crippen molar-refractivity contribution < 1.29 is 19.2 Å². The van der Waals surface area contributed by atoms with Crippen LogP contribution in [0.2, 0.25) is 0 Å². The van der Waals surface area contributed by atoms with Gasteiger partial charge in [-0.1, -0.05) is 36.4 Å². The SMILES string of the molecule is C[C@@]1(c2ccc3ccccc3c2)NC(=O)N(CC(=O)Nc2sc3c(c2C(N)=O)CCCC3)C1=O. The van der Waals surface area contributed by atoms with Crippen LogP contribution in [0.1, 0.15) is 46.1 Å². The number of carbonyl (C=O) groups is 4. The van der Waals surface area contributed by atoms with Crippen LogP contribution in [0.3, 0.4) is 0 Å². The molecular weight excluding hydrogens is 452 g/mol. The Morgan fingerprint density at radius 3 is 2.62 bits per heavy atom. The van der Waals surface area contributed by atoms with Crippen molar-refractivity contribution in [3.63, 3.8) is 0 Å². The molecule has 0 bridgehead atoms. The van der Waals surface area contributed by atoms with Gasteiger partial charge in [-0.15, -0.1) is 11.3 Å². The van der Waals surface area contributed by atoms with E-state index in [0.29, 0.717) is 16.1 Å². The molecule has 2 heterocycles. The summed E-state index contributed by atoms with van der Waals surface area (Å²) in [5.74, 6) is -1.66. The van der Waals surface area contributed by atoms with Crippen molar-refractivity contribution in [1.29, 1.82) is 0 Å². The quantitative estimate of drug-likeness (QED) is 0.489. The second-order valence-corrected chi connectivity index (χ2v) is 9.94. The predicted octanol–water partition coefficient (Wildman–Crippen LogP) is 3.28. The number of urea groups is 1. The van der Waals surface area contributed by atoms with Crippen molar-refractivity contribution in [2.45, 2.75) is 38.1 Å². The summed E-state index contributed by atoms with van der Waals surface area (Å²) in [4.78, 5) is 52.9. The third-order valence-electron chi connectivity index (χ3n) is 6.57. The van der Waals surface area contributed by atoms with Crippen molar-refractivity contribution >= 4 is 50.9 Å². The number of hydrogen-bond donors (Lipinski definition) is 3. The lowest BCUT2D eigenvalue weighted by atomic mass is 9.90. The molecule has 4 N–H and O–H groups in total. The number of amides is 5. The second kappa shape index (κ2) is 8.25. The summed E-state index contributed by atoms with van der Waals surface area (Å²) in [5, 5.41) is 7.80. The minimum atomic E-state index is -1.29. The Morgan fingerprint density at radius 1 is 1.12 bits per heavy atom. The van der Waals surface area contributed by atoms with Gasteiger partial charge in [0.25, 0.3) is 11.8 Å². The molecule has 9 heteroatoms.